The molecular formula is C10H19N3O2. The highest BCUT2D eigenvalue weighted by Gasteiger charge is 2.27. The van der Waals surface area contributed by atoms with E-state index in [4.69, 9.17) is 15.0 Å². The third-order valence-corrected chi connectivity index (χ3v) is 2.01. The highest BCUT2D eigenvalue weighted by atomic mass is 16.5. The van der Waals surface area contributed by atoms with Gasteiger partial charge >= 0.3 is 0 Å². The van der Waals surface area contributed by atoms with Crippen molar-refractivity contribution in [1.82, 2.24) is 10.1 Å². The Labute approximate surface area is 90.0 Å². The maximum Gasteiger partial charge on any atom is 0.226 e. The average Bonchev–Trinajstić information content (AvgIpc) is 2.51. The predicted molar refractivity (Wildman–Crippen MR) is 56.3 cm³/mol. The van der Waals surface area contributed by atoms with Crippen LogP contribution < -0.4 is 5.73 Å². The Morgan fingerprint density at radius 3 is 2.73 bits per heavy atom. The van der Waals surface area contributed by atoms with E-state index in [9.17, 15) is 0 Å². The fourth-order valence-corrected chi connectivity index (χ4v) is 1.28. The first-order valence-electron chi connectivity index (χ1n) is 5.06. The number of nitrogens with zero attached hydrogens (tertiary/aromatic N) is 2. The van der Waals surface area contributed by atoms with E-state index in [1.54, 1.807) is 7.11 Å². The van der Waals surface area contributed by atoms with Gasteiger partial charge in [0, 0.05) is 13.5 Å². The second-order valence-corrected chi connectivity index (χ2v) is 4.46. The zero-order valence-electron chi connectivity index (χ0n) is 9.78. The molecule has 0 fully saturated rings. The van der Waals surface area contributed by atoms with Crippen molar-refractivity contribution in [3.05, 3.63) is 11.7 Å². The number of nitrogens with two attached hydrogens (primary N) is 1. The third kappa shape index (κ3) is 3.28. The first-order valence-corrected chi connectivity index (χ1v) is 5.06. The number of hydrogen-bond donors (Lipinski definition) is 1. The van der Waals surface area contributed by atoms with Crippen LogP contribution in [0.3, 0.4) is 0 Å². The Morgan fingerprint density at radius 1 is 1.53 bits per heavy atom. The maximum absolute atomic E-state index is 5.98. The molecule has 0 radical (unpaired) electrons. The molecule has 0 aliphatic carbocycles. The Kier molecular flexibility index (Phi) is 3.82. The first-order chi connectivity index (χ1) is 6.95. The van der Waals surface area contributed by atoms with Crippen molar-refractivity contribution in [2.24, 2.45) is 11.7 Å². The third-order valence-electron chi connectivity index (χ3n) is 2.01. The lowest BCUT2D eigenvalue weighted by molar-refractivity contribution is 0.135. The van der Waals surface area contributed by atoms with Gasteiger partial charge in [0.2, 0.25) is 5.89 Å². The van der Waals surface area contributed by atoms with Crippen LogP contribution in [0.15, 0.2) is 4.52 Å². The van der Waals surface area contributed by atoms with Crippen molar-refractivity contribution in [2.45, 2.75) is 32.7 Å². The summed E-state index contributed by atoms with van der Waals surface area (Å²) in [5, 5.41) is 3.87. The fraction of sp³-hybridized carbons (Fsp3) is 0.800. The normalized spacial score (nSPS) is 15.6. The van der Waals surface area contributed by atoms with Gasteiger partial charge in [-0.15, -0.1) is 0 Å². The maximum atomic E-state index is 5.98. The summed E-state index contributed by atoms with van der Waals surface area (Å²) in [7, 11) is 1.60. The minimum atomic E-state index is -0.687. The minimum Gasteiger partial charge on any atom is -0.382 e. The molecule has 0 saturated heterocycles. The summed E-state index contributed by atoms with van der Waals surface area (Å²) in [6.45, 7) is 6.38. The number of hydrogen-bond acceptors (Lipinski definition) is 5. The van der Waals surface area contributed by atoms with Crippen molar-refractivity contribution in [3.63, 3.8) is 0 Å². The monoisotopic (exact) mass is 213 g/mol. The molecule has 0 aliphatic heterocycles. The molecule has 0 bridgehead atoms. The molecule has 2 N–H and O–H groups in total. The largest absolute Gasteiger partial charge is 0.382 e. The van der Waals surface area contributed by atoms with Crippen molar-refractivity contribution >= 4 is 0 Å². The van der Waals surface area contributed by atoms with E-state index in [-0.39, 0.29) is 0 Å². The first kappa shape index (κ1) is 12.1. The molecule has 0 spiro atoms. The van der Waals surface area contributed by atoms with Crippen LogP contribution in [0, 0.1) is 5.92 Å². The summed E-state index contributed by atoms with van der Waals surface area (Å²) in [5.74, 6) is 1.62. The summed E-state index contributed by atoms with van der Waals surface area (Å²) in [5.41, 5.74) is 5.30. The van der Waals surface area contributed by atoms with Crippen molar-refractivity contribution in [1.29, 1.82) is 0 Å². The highest BCUT2D eigenvalue weighted by molar-refractivity contribution is 5.01. The quantitative estimate of drug-likeness (QED) is 0.792. The number of ether oxygens (including phenoxy) is 1. The zero-order chi connectivity index (χ0) is 11.5. The molecule has 0 amide bonds. The molecule has 0 saturated carbocycles. The molecule has 0 aromatic carbocycles. The van der Waals surface area contributed by atoms with Gasteiger partial charge in [0.1, 0.15) is 5.54 Å². The topological polar surface area (TPSA) is 74.2 Å². The Bertz CT molecular complexity index is 307. The molecule has 1 unspecified atom stereocenters. The summed E-state index contributed by atoms with van der Waals surface area (Å²) >= 11 is 0. The number of methoxy groups -OCH3 is 1. The molecular weight excluding hydrogens is 194 g/mol. The van der Waals surface area contributed by atoms with E-state index < -0.39 is 5.54 Å². The lowest BCUT2D eigenvalue weighted by Gasteiger charge is -2.18. The summed E-state index contributed by atoms with van der Waals surface area (Å²) in [4.78, 5) is 4.26. The van der Waals surface area contributed by atoms with E-state index in [1.165, 1.54) is 0 Å². The minimum absolute atomic E-state index is 0.369. The van der Waals surface area contributed by atoms with Gasteiger partial charge in [-0.25, -0.2) is 0 Å². The molecule has 1 aromatic heterocycles. The van der Waals surface area contributed by atoms with Gasteiger partial charge in [-0.1, -0.05) is 19.0 Å². The van der Waals surface area contributed by atoms with Crippen LogP contribution in [0.2, 0.25) is 0 Å². The highest BCUT2D eigenvalue weighted by Crippen LogP contribution is 2.15. The molecule has 1 aromatic rings. The average molecular weight is 213 g/mol. The second kappa shape index (κ2) is 4.72. The van der Waals surface area contributed by atoms with Crippen LogP contribution in [0.4, 0.5) is 0 Å². The molecule has 1 rings (SSSR count). The Morgan fingerprint density at radius 2 is 2.20 bits per heavy atom. The SMILES string of the molecule is COCC(C)(N)c1noc(CC(C)C)n1. The Hall–Kier alpha value is -0.940. The van der Waals surface area contributed by atoms with Crippen LogP contribution in [0.5, 0.6) is 0 Å². The van der Waals surface area contributed by atoms with E-state index in [1.807, 2.05) is 6.92 Å². The number of rotatable bonds is 5. The fourth-order valence-electron chi connectivity index (χ4n) is 1.28. The van der Waals surface area contributed by atoms with E-state index in [2.05, 4.69) is 24.0 Å². The molecule has 86 valence electrons. The van der Waals surface area contributed by atoms with E-state index in [0.717, 1.165) is 6.42 Å². The van der Waals surface area contributed by atoms with Gasteiger partial charge in [0.15, 0.2) is 5.82 Å². The lowest BCUT2D eigenvalue weighted by Crippen LogP contribution is -2.39. The zero-order valence-corrected chi connectivity index (χ0v) is 9.78. The number of aromatic nitrogens is 2. The standard InChI is InChI=1S/C10H19N3O2/c1-7(2)5-8-12-9(13-15-8)10(3,11)6-14-4/h7H,5-6,11H2,1-4H3. The molecule has 15 heavy (non-hydrogen) atoms. The van der Waals surface area contributed by atoms with E-state index >= 15 is 0 Å². The van der Waals surface area contributed by atoms with Crippen LogP contribution in [0.1, 0.15) is 32.5 Å². The lowest BCUT2D eigenvalue weighted by atomic mass is 10.1. The summed E-state index contributed by atoms with van der Waals surface area (Å²) in [6, 6.07) is 0. The van der Waals surface area contributed by atoms with Crippen molar-refractivity contribution in [2.75, 3.05) is 13.7 Å². The van der Waals surface area contributed by atoms with Gasteiger partial charge in [0.25, 0.3) is 0 Å². The van der Waals surface area contributed by atoms with Crippen LogP contribution >= 0.6 is 0 Å². The van der Waals surface area contributed by atoms with Crippen molar-refractivity contribution < 1.29 is 9.26 Å². The smallest absolute Gasteiger partial charge is 0.226 e. The molecule has 1 heterocycles. The molecule has 1 atom stereocenters. The van der Waals surface area contributed by atoms with Crippen LogP contribution in [-0.2, 0) is 16.7 Å². The van der Waals surface area contributed by atoms with Gasteiger partial charge < -0.3 is 15.0 Å². The van der Waals surface area contributed by atoms with Crippen molar-refractivity contribution in [3.8, 4) is 0 Å². The van der Waals surface area contributed by atoms with Gasteiger partial charge in [0.05, 0.1) is 6.61 Å². The van der Waals surface area contributed by atoms with Crippen LogP contribution in [0.25, 0.3) is 0 Å². The predicted octanol–water partition coefficient (Wildman–Crippen LogP) is 1.09. The van der Waals surface area contributed by atoms with E-state index in [0.29, 0.717) is 24.2 Å². The second-order valence-electron chi connectivity index (χ2n) is 4.46. The van der Waals surface area contributed by atoms with Gasteiger partial charge in [-0.05, 0) is 12.8 Å². The van der Waals surface area contributed by atoms with Crippen LogP contribution in [-0.4, -0.2) is 23.9 Å². The summed E-state index contributed by atoms with van der Waals surface area (Å²) < 4.78 is 10.1. The Balaban J connectivity index is 2.74. The molecule has 5 heteroatoms. The van der Waals surface area contributed by atoms with Gasteiger partial charge in [-0.3, -0.25) is 0 Å². The summed E-state index contributed by atoms with van der Waals surface area (Å²) in [6.07, 6.45) is 0.774. The van der Waals surface area contributed by atoms with Gasteiger partial charge in [-0.2, -0.15) is 4.98 Å². The molecule has 0 aliphatic rings. The molecule has 5 nitrogen and oxygen atoms in total.